The van der Waals surface area contributed by atoms with Crippen LogP contribution in [0.1, 0.15) is 107 Å². The summed E-state index contributed by atoms with van der Waals surface area (Å²) in [6.07, 6.45) is 8.01. The van der Waals surface area contributed by atoms with Crippen molar-refractivity contribution in [3.8, 4) is 46.6 Å². The molecule has 21 heteroatoms. The van der Waals surface area contributed by atoms with Crippen molar-refractivity contribution in [1.29, 1.82) is 0 Å². The average molecular weight is 1030 g/mol. The molecule has 3 aromatic heterocycles. The molecular weight excluding hydrogens is 971 g/mol. The molecule has 0 saturated carbocycles. The Kier molecular flexibility index (Phi) is 18.7. The lowest BCUT2D eigenvalue weighted by Gasteiger charge is -2.31. The highest BCUT2D eigenvalue weighted by Crippen LogP contribution is 2.43. The van der Waals surface area contributed by atoms with E-state index in [0.717, 1.165) is 26.1 Å². The molecule has 4 amide bonds. The van der Waals surface area contributed by atoms with Gasteiger partial charge in [0, 0.05) is 53.4 Å². The maximum atomic E-state index is 13.9. The van der Waals surface area contributed by atoms with Gasteiger partial charge in [0.05, 0.1) is 41.1 Å². The highest BCUT2D eigenvalue weighted by Gasteiger charge is 2.45. The molecule has 7 rings (SSSR count). The highest BCUT2D eigenvalue weighted by molar-refractivity contribution is 7.98. The van der Waals surface area contributed by atoms with Gasteiger partial charge >= 0.3 is 5.97 Å². The molecule has 1 aromatic carbocycles. The van der Waals surface area contributed by atoms with Gasteiger partial charge in [-0.1, -0.05) is 70.1 Å². The molecule has 6 heterocycles. The van der Waals surface area contributed by atoms with E-state index >= 15 is 0 Å². The van der Waals surface area contributed by atoms with Gasteiger partial charge in [-0.3, -0.25) is 24.0 Å². The van der Waals surface area contributed by atoms with Crippen molar-refractivity contribution < 1.29 is 48.0 Å². The SMILES string of the molecule is CCN(CC)CCCC[C@H](NC(=O)[C@@H](NC(=O)CCCC#Cc1cnc(SC)nc1)C(C)C)C(=O)NCC(=O)NCOCC#Cc1c2c(nc3cc4c(cc13)OCO4)-c1cc3c(c(=O)n1C2)COC(=O)[C@]3(O)CC. The number of nitrogens with one attached hydrogen (secondary N) is 4. The van der Waals surface area contributed by atoms with Crippen LogP contribution in [-0.4, -0.2) is 124 Å². The minimum absolute atomic E-state index is 0.00108. The second-order valence-corrected chi connectivity index (χ2v) is 19.0. The summed E-state index contributed by atoms with van der Waals surface area (Å²) >= 11 is 1.44. The predicted molar refractivity (Wildman–Crippen MR) is 274 cm³/mol. The summed E-state index contributed by atoms with van der Waals surface area (Å²) in [6.45, 7) is 11.1. The summed E-state index contributed by atoms with van der Waals surface area (Å²) in [4.78, 5) is 95.5. The van der Waals surface area contributed by atoms with Gasteiger partial charge in [0.15, 0.2) is 22.3 Å². The van der Waals surface area contributed by atoms with Crippen LogP contribution in [0.15, 0.2) is 40.5 Å². The first kappa shape index (κ1) is 54.7. The zero-order valence-corrected chi connectivity index (χ0v) is 43.4. The van der Waals surface area contributed by atoms with Gasteiger partial charge in [0.2, 0.25) is 30.4 Å². The second kappa shape index (κ2) is 25.3. The number of carbonyl (C=O) groups excluding carboxylic acids is 5. The minimum atomic E-state index is -1.99. The molecule has 0 saturated heterocycles. The van der Waals surface area contributed by atoms with Gasteiger partial charge in [-0.25, -0.2) is 19.7 Å². The van der Waals surface area contributed by atoms with Gasteiger partial charge in [0.25, 0.3) is 5.56 Å². The molecule has 3 aliphatic rings. The highest BCUT2D eigenvalue weighted by atomic mass is 32.2. The molecule has 0 radical (unpaired) electrons. The van der Waals surface area contributed by atoms with E-state index in [4.69, 9.17) is 23.9 Å². The van der Waals surface area contributed by atoms with Crippen LogP contribution in [0.3, 0.4) is 0 Å². The van der Waals surface area contributed by atoms with Crippen molar-refractivity contribution in [3.63, 3.8) is 0 Å². The standard InChI is InChI=1S/C53H63N9O11S/c1-7-53(69)38-23-41-47-36(28-62(41)50(67)37(38)29-71-51(53)68)34(35-22-42-43(73-31-72-42)24-40(35)58-47)17-15-21-70-30-57-45(64)27-54-48(65)39(18-13-14-20-61(8-2)9-3)59-49(66)46(32(4)5)60-44(63)19-12-10-11-16-33-25-55-52(74-6)56-26-33/h22-26,32,39,46,69H,7-10,12-14,18-21,27-31H2,1-6H3,(H,54,65)(H,57,64)(H,59,66)(H,60,63)/t39-,46-,53-/m0/s1. The number of rotatable bonds is 22. The molecule has 3 aliphatic heterocycles. The number of cyclic esters (lactones) is 1. The Labute approximate surface area is 433 Å². The number of thioether (sulfide) groups is 1. The summed E-state index contributed by atoms with van der Waals surface area (Å²) in [6, 6.07) is 3.25. The molecule has 0 spiro atoms. The van der Waals surface area contributed by atoms with Crippen LogP contribution in [0.5, 0.6) is 11.5 Å². The van der Waals surface area contributed by atoms with Gasteiger partial charge in [-0.15, -0.1) is 0 Å². The Morgan fingerprint density at radius 3 is 2.39 bits per heavy atom. The number of nitrogens with zero attached hydrogens (tertiary/aromatic N) is 5. The van der Waals surface area contributed by atoms with Gasteiger partial charge < -0.3 is 54.8 Å². The fourth-order valence-electron chi connectivity index (χ4n) is 8.85. The summed E-state index contributed by atoms with van der Waals surface area (Å²) in [7, 11) is 0. The number of hydrogen-bond acceptors (Lipinski definition) is 16. The lowest BCUT2D eigenvalue weighted by molar-refractivity contribution is -0.172. The maximum absolute atomic E-state index is 13.9. The fraction of sp³-hybridized carbons (Fsp3) is 0.491. The van der Waals surface area contributed by atoms with E-state index in [-0.39, 0.29) is 69.1 Å². The first-order chi connectivity index (χ1) is 35.7. The molecular formula is C53H63N9O11S. The lowest BCUT2D eigenvalue weighted by atomic mass is 9.86. The number of benzene rings is 1. The predicted octanol–water partition coefficient (Wildman–Crippen LogP) is 3.24. The largest absolute Gasteiger partial charge is 0.458 e. The molecule has 0 aliphatic carbocycles. The van der Waals surface area contributed by atoms with E-state index in [1.165, 1.54) is 16.3 Å². The molecule has 0 unspecified atom stereocenters. The minimum Gasteiger partial charge on any atom is -0.458 e. The van der Waals surface area contributed by atoms with Gasteiger partial charge in [-0.2, -0.15) is 0 Å². The molecule has 4 aromatic rings. The summed E-state index contributed by atoms with van der Waals surface area (Å²) < 4.78 is 23.7. The third-order valence-electron chi connectivity index (χ3n) is 13.1. The number of hydrogen-bond donors (Lipinski definition) is 5. The van der Waals surface area contributed by atoms with Crippen LogP contribution >= 0.6 is 11.8 Å². The third kappa shape index (κ3) is 12.8. The summed E-state index contributed by atoms with van der Waals surface area (Å²) in [5.74, 6) is 10.2. The zero-order chi connectivity index (χ0) is 52.9. The van der Waals surface area contributed by atoms with Crippen LogP contribution in [0.4, 0.5) is 0 Å². The van der Waals surface area contributed by atoms with Crippen molar-refractivity contribution in [1.82, 2.24) is 45.7 Å². The van der Waals surface area contributed by atoms with Crippen molar-refractivity contribution in [2.45, 2.75) is 116 Å². The summed E-state index contributed by atoms with van der Waals surface area (Å²) in [5, 5.41) is 23.6. The lowest BCUT2D eigenvalue weighted by Crippen LogP contribution is -2.56. The van der Waals surface area contributed by atoms with Crippen LogP contribution in [0, 0.1) is 29.6 Å². The van der Waals surface area contributed by atoms with Crippen molar-refractivity contribution in [3.05, 3.63) is 68.8 Å². The normalized spacial score (nSPS) is 15.7. The molecule has 3 atom stereocenters. The maximum Gasteiger partial charge on any atom is 0.343 e. The number of aromatic nitrogens is 4. The number of unbranched alkanes of at least 4 members (excludes halogenated alkanes) is 2. The Balaban J connectivity index is 0.947. The molecule has 20 nitrogen and oxygen atoms in total. The third-order valence-corrected chi connectivity index (χ3v) is 13.7. The van der Waals surface area contributed by atoms with E-state index in [2.05, 4.69) is 73.7 Å². The van der Waals surface area contributed by atoms with E-state index in [9.17, 15) is 33.9 Å². The Morgan fingerprint density at radius 1 is 0.919 bits per heavy atom. The molecule has 74 heavy (non-hydrogen) atoms. The first-order valence-electron chi connectivity index (χ1n) is 24.9. The van der Waals surface area contributed by atoms with E-state index in [0.29, 0.717) is 81.3 Å². The van der Waals surface area contributed by atoms with Crippen molar-refractivity contribution >= 4 is 52.3 Å². The van der Waals surface area contributed by atoms with Crippen molar-refractivity contribution in [2.24, 2.45) is 5.92 Å². The van der Waals surface area contributed by atoms with E-state index in [1.54, 1.807) is 37.5 Å². The molecule has 0 bridgehead atoms. The number of aliphatic hydroxyl groups is 1. The van der Waals surface area contributed by atoms with Crippen LogP contribution in [0.2, 0.25) is 0 Å². The molecule has 0 fully saturated rings. The molecule has 5 N–H and O–H groups in total. The number of carbonyl (C=O) groups is 5. The number of fused-ring (bicyclic) bond motifs is 6. The smallest absolute Gasteiger partial charge is 0.343 e. The summed E-state index contributed by atoms with van der Waals surface area (Å²) in [5.41, 5.74) is 1.24. The quantitative estimate of drug-likeness (QED) is 0.0167. The monoisotopic (exact) mass is 1030 g/mol. The Bertz CT molecular complexity index is 2960. The number of esters is 1. The van der Waals surface area contributed by atoms with Crippen LogP contribution < -0.4 is 36.3 Å². The van der Waals surface area contributed by atoms with Crippen LogP contribution in [-0.2, 0) is 52.2 Å². The number of pyridine rings is 2. The van der Waals surface area contributed by atoms with E-state index in [1.807, 2.05) is 20.1 Å². The van der Waals surface area contributed by atoms with Gasteiger partial charge in [-0.05, 0) is 76.0 Å². The van der Waals surface area contributed by atoms with Crippen molar-refractivity contribution in [2.75, 3.05) is 52.6 Å². The zero-order valence-electron chi connectivity index (χ0n) is 42.6. The second-order valence-electron chi connectivity index (χ2n) is 18.2. The molecule has 392 valence electrons. The topological polar surface area (TPSA) is 255 Å². The van der Waals surface area contributed by atoms with Crippen LogP contribution in [0.25, 0.3) is 22.3 Å². The first-order valence-corrected chi connectivity index (χ1v) is 26.1. The number of amides is 4. The number of ether oxygens (including phenoxy) is 4. The Morgan fingerprint density at radius 2 is 1.68 bits per heavy atom. The average Bonchev–Trinajstić information content (AvgIpc) is 4.02. The fourth-order valence-corrected chi connectivity index (χ4v) is 9.16. The van der Waals surface area contributed by atoms with E-state index < -0.39 is 53.5 Å². The Hall–Kier alpha value is -7.04. The van der Waals surface area contributed by atoms with Gasteiger partial charge in [0.1, 0.15) is 32.0 Å².